The largest absolute Gasteiger partial charge is 0.377 e. The van der Waals surface area contributed by atoms with Crippen molar-refractivity contribution in [3.63, 3.8) is 0 Å². The molecule has 0 atom stereocenters. The molecular formula is C14H31NO. The Kier molecular flexibility index (Phi) is 7.25. The van der Waals surface area contributed by atoms with Gasteiger partial charge in [-0.15, -0.1) is 0 Å². The molecule has 0 fully saturated rings. The molecule has 0 aromatic carbocycles. The average molecular weight is 229 g/mol. The van der Waals surface area contributed by atoms with E-state index in [0.717, 1.165) is 18.4 Å². The van der Waals surface area contributed by atoms with Crippen LogP contribution in [0.4, 0.5) is 0 Å². The average Bonchev–Trinajstić information content (AvgIpc) is 2.13. The second kappa shape index (κ2) is 7.29. The third-order valence-electron chi connectivity index (χ3n) is 2.88. The van der Waals surface area contributed by atoms with Crippen LogP contribution in [0, 0.1) is 11.8 Å². The number of hydrogen-bond acceptors (Lipinski definition) is 2. The Morgan fingerprint density at radius 2 is 1.44 bits per heavy atom. The van der Waals surface area contributed by atoms with Crippen LogP contribution in [0.5, 0.6) is 0 Å². The van der Waals surface area contributed by atoms with E-state index in [1.54, 1.807) is 7.11 Å². The lowest BCUT2D eigenvalue weighted by molar-refractivity contribution is 0.0199. The second-order valence-electron chi connectivity index (χ2n) is 6.30. The molecule has 0 aromatic rings. The smallest absolute Gasteiger partial charge is 0.0746 e. The van der Waals surface area contributed by atoms with E-state index in [4.69, 9.17) is 4.74 Å². The number of methoxy groups -OCH3 is 1. The van der Waals surface area contributed by atoms with Crippen LogP contribution in [0.3, 0.4) is 0 Å². The zero-order valence-corrected chi connectivity index (χ0v) is 12.3. The minimum Gasteiger partial charge on any atom is -0.377 e. The fraction of sp³-hybridized carbons (Fsp3) is 1.00. The van der Waals surface area contributed by atoms with Crippen LogP contribution in [0.15, 0.2) is 0 Å². The standard InChI is InChI=1S/C14H31NO/c1-11(2)8-13(9-12(3)4)15-10-14(5,6)16-7/h11-13,15H,8-10H2,1-7H3. The zero-order chi connectivity index (χ0) is 12.8. The molecule has 2 heteroatoms. The number of rotatable bonds is 8. The van der Waals surface area contributed by atoms with Crippen molar-refractivity contribution >= 4 is 0 Å². The van der Waals surface area contributed by atoms with Gasteiger partial charge in [0.2, 0.25) is 0 Å². The van der Waals surface area contributed by atoms with Crippen LogP contribution >= 0.6 is 0 Å². The van der Waals surface area contributed by atoms with Crippen molar-refractivity contribution in [3.05, 3.63) is 0 Å². The summed E-state index contributed by atoms with van der Waals surface area (Å²) in [6, 6.07) is 0.620. The van der Waals surface area contributed by atoms with Gasteiger partial charge in [-0.05, 0) is 38.5 Å². The molecule has 0 aliphatic carbocycles. The first-order valence-electron chi connectivity index (χ1n) is 6.55. The minimum absolute atomic E-state index is 0.0633. The quantitative estimate of drug-likeness (QED) is 0.688. The van der Waals surface area contributed by atoms with Crippen molar-refractivity contribution in [2.45, 2.75) is 66.0 Å². The first-order valence-corrected chi connectivity index (χ1v) is 6.55. The van der Waals surface area contributed by atoms with Gasteiger partial charge in [-0.2, -0.15) is 0 Å². The zero-order valence-electron chi connectivity index (χ0n) is 12.3. The Hall–Kier alpha value is -0.0800. The first kappa shape index (κ1) is 15.9. The molecule has 0 rings (SSSR count). The predicted octanol–water partition coefficient (Wildman–Crippen LogP) is 3.46. The molecule has 0 spiro atoms. The van der Waals surface area contributed by atoms with Crippen molar-refractivity contribution in [2.75, 3.05) is 13.7 Å². The molecule has 0 bridgehead atoms. The van der Waals surface area contributed by atoms with Gasteiger partial charge in [-0.3, -0.25) is 0 Å². The molecule has 16 heavy (non-hydrogen) atoms. The summed E-state index contributed by atoms with van der Waals surface area (Å²) in [5.74, 6) is 1.50. The molecule has 0 aliphatic rings. The van der Waals surface area contributed by atoms with Crippen molar-refractivity contribution in [1.82, 2.24) is 5.32 Å². The number of nitrogens with one attached hydrogen (secondary N) is 1. The lowest BCUT2D eigenvalue weighted by atomic mass is 9.95. The highest BCUT2D eigenvalue weighted by Gasteiger charge is 2.19. The Morgan fingerprint density at radius 3 is 1.75 bits per heavy atom. The molecule has 0 saturated heterocycles. The van der Waals surface area contributed by atoms with E-state index >= 15 is 0 Å². The Morgan fingerprint density at radius 1 is 1.00 bits per heavy atom. The molecule has 0 radical (unpaired) electrons. The Balaban J connectivity index is 4.10. The topological polar surface area (TPSA) is 21.3 Å². The fourth-order valence-corrected chi connectivity index (χ4v) is 1.86. The highest BCUT2D eigenvalue weighted by atomic mass is 16.5. The fourth-order valence-electron chi connectivity index (χ4n) is 1.86. The maximum absolute atomic E-state index is 5.44. The summed E-state index contributed by atoms with van der Waals surface area (Å²) in [7, 11) is 1.78. The van der Waals surface area contributed by atoms with Crippen LogP contribution in [-0.4, -0.2) is 25.3 Å². The third kappa shape index (κ3) is 8.12. The SMILES string of the molecule is COC(C)(C)CNC(CC(C)C)CC(C)C. The summed E-state index contributed by atoms with van der Waals surface area (Å²) in [6.45, 7) is 14.3. The van der Waals surface area contributed by atoms with Gasteiger partial charge in [0.25, 0.3) is 0 Å². The van der Waals surface area contributed by atoms with Crippen LogP contribution < -0.4 is 5.32 Å². The number of hydrogen-bond donors (Lipinski definition) is 1. The number of ether oxygens (including phenoxy) is 1. The van der Waals surface area contributed by atoms with Gasteiger partial charge < -0.3 is 10.1 Å². The molecule has 0 unspecified atom stereocenters. The van der Waals surface area contributed by atoms with Gasteiger partial charge in [0.1, 0.15) is 0 Å². The summed E-state index contributed by atoms with van der Waals surface area (Å²) in [6.07, 6.45) is 2.50. The van der Waals surface area contributed by atoms with E-state index in [1.165, 1.54) is 12.8 Å². The van der Waals surface area contributed by atoms with E-state index in [1.807, 2.05) is 0 Å². The van der Waals surface area contributed by atoms with Crippen molar-refractivity contribution in [1.29, 1.82) is 0 Å². The second-order valence-corrected chi connectivity index (χ2v) is 6.30. The summed E-state index contributed by atoms with van der Waals surface area (Å²) >= 11 is 0. The highest BCUT2D eigenvalue weighted by molar-refractivity contribution is 4.77. The van der Waals surface area contributed by atoms with Crippen LogP contribution in [-0.2, 0) is 4.74 Å². The molecule has 0 amide bonds. The molecule has 0 aromatic heterocycles. The van der Waals surface area contributed by atoms with Gasteiger partial charge >= 0.3 is 0 Å². The summed E-state index contributed by atoms with van der Waals surface area (Å²) in [4.78, 5) is 0. The maximum Gasteiger partial charge on any atom is 0.0746 e. The van der Waals surface area contributed by atoms with E-state index in [-0.39, 0.29) is 5.60 Å². The Bertz CT molecular complexity index is 166. The first-order chi connectivity index (χ1) is 7.26. The van der Waals surface area contributed by atoms with Crippen LogP contribution in [0.2, 0.25) is 0 Å². The van der Waals surface area contributed by atoms with E-state index in [0.29, 0.717) is 6.04 Å². The summed E-state index contributed by atoms with van der Waals surface area (Å²) in [5.41, 5.74) is -0.0633. The lowest BCUT2D eigenvalue weighted by Crippen LogP contribution is -2.42. The van der Waals surface area contributed by atoms with E-state index in [9.17, 15) is 0 Å². The van der Waals surface area contributed by atoms with Gasteiger partial charge in [-0.25, -0.2) is 0 Å². The van der Waals surface area contributed by atoms with Crippen molar-refractivity contribution in [3.8, 4) is 0 Å². The minimum atomic E-state index is -0.0633. The van der Waals surface area contributed by atoms with Crippen LogP contribution in [0.1, 0.15) is 54.4 Å². The maximum atomic E-state index is 5.44. The normalized spacial score (nSPS) is 13.1. The summed E-state index contributed by atoms with van der Waals surface area (Å²) in [5, 5.41) is 3.65. The highest BCUT2D eigenvalue weighted by Crippen LogP contribution is 2.14. The van der Waals surface area contributed by atoms with Crippen molar-refractivity contribution in [2.24, 2.45) is 11.8 Å². The van der Waals surface area contributed by atoms with Gasteiger partial charge in [0.15, 0.2) is 0 Å². The molecule has 0 saturated carbocycles. The predicted molar refractivity (Wildman–Crippen MR) is 71.8 cm³/mol. The summed E-state index contributed by atoms with van der Waals surface area (Å²) < 4.78 is 5.44. The van der Waals surface area contributed by atoms with Crippen molar-refractivity contribution < 1.29 is 4.74 Å². The van der Waals surface area contributed by atoms with Crippen LogP contribution in [0.25, 0.3) is 0 Å². The van der Waals surface area contributed by atoms with E-state index in [2.05, 4.69) is 46.9 Å². The molecule has 0 heterocycles. The molecule has 0 aliphatic heterocycles. The van der Waals surface area contributed by atoms with Gasteiger partial charge in [0, 0.05) is 19.7 Å². The van der Waals surface area contributed by atoms with Gasteiger partial charge in [0.05, 0.1) is 5.60 Å². The third-order valence-corrected chi connectivity index (χ3v) is 2.88. The van der Waals surface area contributed by atoms with Gasteiger partial charge in [-0.1, -0.05) is 27.7 Å². The Labute approximate surface area is 102 Å². The molecule has 2 nitrogen and oxygen atoms in total. The van der Waals surface area contributed by atoms with E-state index < -0.39 is 0 Å². The lowest BCUT2D eigenvalue weighted by Gasteiger charge is -2.29. The molecule has 98 valence electrons. The monoisotopic (exact) mass is 229 g/mol. The molecular weight excluding hydrogens is 198 g/mol. The molecule has 1 N–H and O–H groups in total.